The zero-order valence-corrected chi connectivity index (χ0v) is 19.1. The van der Waals surface area contributed by atoms with Crippen molar-refractivity contribution >= 4 is 0 Å². The lowest BCUT2D eigenvalue weighted by Crippen LogP contribution is -2.50. The second-order valence-corrected chi connectivity index (χ2v) is 12.5. The number of aromatic nitrogens is 4. The molecule has 1 aromatic heterocycles. The number of tetrazole rings is 1. The molecule has 5 saturated carbocycles. The molecule has 5 heteroatoms. The van der Waals surface area contributed by atoms with Gasteiger partial charge in [-0.05, 0) is 136 Å². The van der Waals surface area contributed by atoms with Gasteiger partial charge in [-0.15, -0.1) is 10.2 Å². The second kappa shape index (κ2) is 6.76. The summed E-state index contributed by atoms with van der Waals surface area (Å²) in [6.45, 7) is 7.66. The molecule has 5 nitrogen and oxygen atoms in total. The second-order valence-electron chi connectivity index (χ2n) is 12.5. The average molecular weight is 413 g/mol. The van der Waals surface area contributed by atoms with Crippen LogP contribution in [0.5, 0.6) is 0 Å². The maximum atomic E-state index is 10.6. The minimum atomic E-state index is -0.395. The van der Waals surface area contributed by atoms with E-state index in [0.29, 0.717) is 5.41 Å². The van der Waals surface area contributed by atoms with Gasteiger partial charge in [0, 0.05) is 0 Å². The zero-order valence-electron chi connectivity index (χ0n) is 19.1. The fourth-order valence-corrected chi connectivity index (χ4v) is 9.41. The van der Waals surface area contributed by atoms with Gasteiger partial charge >= 0.3 is 0 Å². The number of fused-ring (bicyclic) bond motifs is 5. The van der Waals surface area contributed by atoms with Gasteiger partial charge in [0.1, 0.15) is 0 Å². The summed E-state index contributed by atoms with van der Waals surface area (Å²) in [6, 6.07) is 0. The Morgan fingerprint density at radius 1 is 0.933 bits per heavy atom. The van der Waals surface area contributed by atoms with Crippen LogP contribution in [0.3, 0.4) is 0 Å². The van der Waals surface area contributed by atoms with Crippen LogP contribution in [0.2, 0.25) is 0 Å². The molecule has 0 bridgehead atoms. The number of hydrogen-bond acceptors (Lipinski definition) is 4. The Morgan fingerprint density at radius 3 is 2.47 bits per heavy atom. The Kier molecular flexibility index (Phi) is 4.44. The summed E-state index contributed by atoms with van der Waals surface area (Å²) >= 11 is 0. The molecule has 5 aliphatic rings. The first-order chi connectivity index (χ1) is 14.3. The summed E-state index contributed by atoms with van der Waals surface area (Å²) < 4.78 is 0. The molecule has 30 heavy (non-hydrogen) atoms. The van der Waals surface area contributed by atoms with Crippen molar-refractivity contribution in [3.63, 3.8) is 0 Å². The first kappa shape index (κ1) is 19.7. The SMILES string of the molecule is Cc1nnn(CC2CC2[C@H]2CC[C@H]3[C@@H]4CC[C@@H]5C[C@](C)(O)CC[C@@H]5[C@H]4CCC23C)n1. The lowest BCUT2D eigenvalue weighted by molar-refractivity contribution is -0.101. The summed E-state index contributed by atoms with van der Waals surface area (Å²) in [4.78, 5) is 1.84. The van der Waals surface area contributed by atoms with Crippen molar-refractivity contribution in [3.8, 4) is 0 Å². The molecule has 0 aromatic carbocycles. The van der Waals surface area contributed by atoms with Crippen molar-refractivity contribution in [1.82, 2.24) is 20.2 Å². The topological polar surface area (TPSA) is 63.8 Å². The van der Waals surface area contributed by atoms with Crippen LogP contribution in [-0.2, 0) is 6.54 Å². The Bertz CT molecular complexity index is 805. The predicted molar refractivity (Wildman–Crippen MR) is 115 cm³/mol. The van der Waals surface area contributed by atoms with Crippen LogP contribution in [-0.4, -0.2) is 30.9 Å². The van der Waals surface area contributed by atoms with Crippen molar-refractivity contribution in [3.05, 3.63) is 5.82 Å². The quantitative estimate of drug-likeness (QED) is 0.786. The fourth-order valence-electron chi connectivity index (χ4n) is 9.41. The summed E-state index contributed by atoms with van der Waals surface area (Å²) in [5, 5.41) is 23.3. The van der Waals surface area contributed by atoms with Crippen LogP contribution in [0.4, 0.5) is 0 Å². The van der Waals surface area contributed by atoms with E-state index in [1.165, 1.54) is 51.4 Å². The Labute approximate surface area is 181 Å². The predicted octanol–water partition coefficient (Wildman–Crippen LogP) is 4.64. The molecule has 6 rings (SSSR count). The van der Waals surface area contributed by atoms with Crippen molar-refractivity contribution < 1.29 is 5.11 Å². The molecule has 5 aliphatic carbocycles. The maximum absolute atomic E-state index is 10.6. The van der Waals surface area contributed by atoms with E-state index in [2.05, 4.69) is 29.3 Å². The van der Waals surface area contributed by atoms with Gasteiger partial charge in [-0.1, -0.05) is 6.92 Å². The van der Waals surface area contributed by atoms with E-state index in [1.807, 2.05) is 11.7 Å². The molecule has 0 spiro atoms. The molecule has 0 amide bonds. The number of aliphatic hydroxyl groups is 1. The van der Waals surface area contributed by atoms with Crippen molar-refractivity contribution in [2.75, 3.05) is 0 Å². The van der Waals surface area contributed by atoms with Crippen LogP contribution in [0.25, 0.3) is 0 Å². The molecule has 3 unspecified atom stereocenters. The highest BCUT2D eigenvalue weighted by Gasteiger charge is 2.61. The third-order valence-corrected chi connectivity index (χ3v) is 10.8. The fraction of sp³-hybridized carbons (Fsp3) is 0.960. The molecule has 1 N–H and O–H groups in total. The molecule has 5 fully saturated rings. The van der Waals surface area contributed by atoms with Crippen LogP contribution in [0.15, 0.2) is 0 Å². The Hall–Kier alpha value is -0.970. The van der Waals surface area contributed by atoms with E-state index in [0.717, 1.165) is 72.6 Å². The van der Waals surface area contributed by atoms with E-state index in [9.17, 15) is 5.11 Å². The number of nitrogens with zero attached hydrogens (tertiary/aromatic N) is 4. The van der Waals surface area contributed by atoms with E-state index < -0.39 is 5.60 Å². The average Bonchev–Trinajstić information content (AvgIpc) is 3.15. The van der Waals surface area contributed by atoms with Crippen molar-refractivity contribution in [2.45, 2.75) is 97.1 Å². The minimum Gasteiger partial charge on any atom is -0.390 e. The maximum Gasteiger partial charge on any atom is 0.171 e. The van der Waals surface area contributed by atoms with Gasteiger partial charge in [0.2, 0.25) is 0 Å². The van der Waals surface area contributed by atoms with Gasteiger partial charge < -0.3 is 5.11 Å². The smallest absolute Gasteiger partial charge is 0.171 e. The summed E-state index contributed by atoms with van der Waals surface area (Å²) in [5.74, 6) is 7.95. The lowest BCUT2D eigenvalue weighted by atomic mass is 9.49. The Morgan fingerprint density at radius 2 is 1.70 bits per heavy atom. The first-order valence-electron chi connectivity index (χ1n) is 12.8. The van der Waals surface area contributed by atoms with Crippen molar-refractivity contribution in [2.24, 2.45) is 52.8 Å². The lowest BCUT2D eigenvalue weighted by Gasteiger charge is -2.57. The summed E-state index contributed by atoms with van der Waals surface area (Å²) in [5.41, 5.74) is 0.174. The van der Waals surface area contributed by atoms with E-state index in [4.69, 9.17) is 0 Å². The number of rotatable bonds is 3. The normalized spacial score (nSPS) is 52.4. The molecule has 0 radical (unpaired) electrons. The van der Waals surface area contributed by atoms with Gasteiger partial charge in [-0.2, -0.15) is 4.80 Å². The highest BCUT2D eigenvalue weighted by molar-refractivity contribution is 5.10. The van der Waals surface area contributed by atoms with Gasteiger partial charge in [0.25, 0.3) is 0 Å². The molecule has 1 aromatic rings. The van der Waals surface area contributed by atoms with Crippen LogP contribution in [0.1, 0.15) is 83.9 Å². The van der Waals surface area contributed by atoms with E-state index in [1.54, 1.807) is 0 Å². The summed E-state index contributed by atoms with van der Waals surface area (Å²) in [7, 11) is 0. The summed E-state index contributed by atoms with van der Waals surface area (Å²) in [6.07, 6.45) is 13.4. The van der Waals surface area contributed by atoms with Gasteiger partial charge in [0.15, 0.2) is 5.82 Å². The standard InChI is InChI=1S/C25H40N4O/c1-15-26-28-29(27-15)14-17-12-21(17)23-7-6-22-20-5-4-16-13-24(2,30)10-8-18(16)19(20)9-11-25(22,23)3/h16-23,30H,4-14H2,1-3H3/t16-,17?,18+,19-,20-,21?,22+,23-,24-,25?/m1/s1. The molecular weight excluding hydrogens is 372 g/mol. The number of aryl methyl sites for hydroxylation is 1. The minimum absolute atomic E-state index is 0.395. The Balaban J connectivity index is 1.15. The highest BCUT2D eigenvalue weighted by Crippen LogP contribution is 2.68. The number of hydrogen-bond donors (Lipinski definition) is 1. The highest BCUT2D eigenvalue weighted by atomic mass is 16.3. The first-order valence-corrected chi connectivity index (χ1v) is 12.8. The van der Waals surface area contributed by atoms with Crippen LogP contribution in [0, 0.1) is 59.7 Å². The molecular formula is C25H40N4O. The molecule has 166 valence electrons. The van der Waals surface area contributed by atoms with Crippen molar-refractivity contribution in [1.29, 1.82) is 0 Å². The van der Waals surface area contributed by atoms with Gasteiger partial charge in [-0.3, -0.25) is 0 Å². The van der Waals surface area contributed by atoms with Crippen LogP contribution >= 0.6 is 0 Å². The van der Waals surface area contributed by atoms with Gasteiger partial charge in [-0.25, -0.2) is 0 Å². The largest absolute Gasteiger partial charge is 0.390 e. The molecule has 0 saturated heterocycles. The van der Waals surface area contributed by atoms with Gasteiger partial charge in [0.05, 0.1) is 12.1 Å². The van der Waals surface area contributed by atoms with E-state index in [-0.39, 0.29) is 0 Å². The molecule has 0 aliphatic heterocycles. The monoisotopic (exact) mass is 412 g/mol. The third-order valence-electron chi connectivity index (χ3n) is 10.8. The third kappa shape index (κ3) is 3.09. The van der Waals surface area contributed by atoms with E-state index >= 15 is 0 Å². The molecule has 10 atom stereocenters. The van der Waals surface area contributed by atoms with Crippen LogP contribution < -0.4 is 0 Å². The molecule has 1 heterocycles. The zero-order chi connectivity index (χ0) is 20.7.